The SMILES string of the molecule is CC(=O)N(c1nc(CSc2nnc(-c3ccc(C)cc3)o2)cs1)c1c(C)cc(C)cc1Cl. The molecule has 0 radical (unpaired) electrons. The van der Waals surface area contributed by atoms with Gasteiger partial charge in [0.25, 0.3) is 5.22 Å². The van der Waals surface area contributed by atoms with Crippen LogP contribution in [0, 0.1) is 20.8 Å². The molecule has 2 aromatic heterocycles. The number of aryl methyl sites for hydroxylation is 3. The standard InChI is InChI=1S/C23H21ClN4O2S2/c1-13-5-7-17(8-6-13)21-26-27-23(30-21)32-12-18-11-31-22(25-18)28(16(4)29)20-15(3)9-14(2)10-19(20)24/h5-11H,12H2,1-4H3. The summed E-state index contributed by atoms with van der Waals surface area (Å²) in [6.07, 6.45) is 0. The zero-order valence-electron chi connectivity index (χ0n) is 18.0. The largest absolute Gasteiger partial charge is 0.411 e. The Bertz CT molecular complexity index is 1240. The number of aromatic nitrogens is 3. The first-order chi connectivity index (χ1) is 15.3. The van der Waals surface area contributed by atoms with E-state index in [-0.39, 0.29) is 5.91 Å². The highest BCUT2D eigenvalue weighted by atomic mass is 35.5. The highest BCUT2D eigenvalue weighted by Crippen LogP contribution is 2.38. The Labute approximate surface area is 199 Å². The van der Waals surface area contributed by atoms with E-state index in [4.69, 9.17) is 16.0 Å². The summed E-state index contributed by atoms with van der Waals surface area (Å²) in [5.41, 5.74) is 5.50. The third-order valence-corrected chi connectivity index (χ3v) is 6.73. The van der Waals surface area contributed by atoms with Crippen LogP contribution < -0.4 is 4.90 Å². The van der Waals surface area contributed by atoms with Gasteiger partial charge in [0.1, 0.15) is 0 Å². The molecule has 6 nitrogen and oxygen atoms in total. The summed E-state index contributed by atoms with van der Waals surface area (Å²) in [4.78, 5) is 18.7. The molecule has 0 fully saturated rings. The van der Waals surface area contributed by atoms with Crippen LogP contribution in [0.4, 0.5) is 10.8 Å². The lowest BCUT2D eigenvalue weighted by molar-refractivity contribution is -0.115. The normalized spacial score (nSPS) is 11.0. The Morgan fingerprint density at radius 1 is 1.12 bits per heavy atom. The highest BCUT2D eigenvalue weighted by molar-refractivity contribution is 7.98. The minimum absolute atomic E-state index is 0.146. The lowest BCUT2D eigenvalue weighted by atomic mass is 10.1. The van der Waals surface area contributed by atoms with Gasteiger partial charge < -0.3 is 4.42 Å². The number of nitrogens with zero attached hydrogens (tertiary/aromatic N) is 4. The summed E-state index contributed by atoms with van der Waals surface area (Å²) in [6, 6.07) is 11.8. The quantitative estimate of drug-likeness (QED) is 0.282. The van der Waals surface area contributed by atoms with E-state index >= 15 is 0 Å². The van der Waals surface area contributed by atoms with Crippen LogP contribution in [0.3, 0.4) is 0 Å². The molecular formula is C23H21ClN4O2S2. The van der Waals surface area contributed by atoms with Crippen molar-refractivity contribution >= 4 is 51.4 Å². The minimum Gasteiger partial charge on any atom is -0.411 e. The number of hydrogen-bond acceptors (Lipinski definition) is 7. The Morgan fingerprint density at radius 2 is 1.88 bits per heavy atom. The summed E-state index contributed by atoms with van der Waals surface area (Å²) in [7, 11) is 0. The lowest BCUT2D eigenvalue weighted by Gasteiger charge is -2.22. The maximum absolute atomic E-state index is 12.5. The molecular weight excluding hydrogens is 464 g/mol. The van der Waals surface area contributed by atoms with E-state index in [0.717, 1.165) is 22.4 Å². The number of carbonyl (C=O) groups excluding carboxylic acids is 1. The Balaban J connectivity index is 1.50. The fourth-order valence-corrected chi connectivity index (χ4v) is 5.30. The van der Waals surface area contributed by atoms with Crippen LogP contribution in [0.15, 0.2) is 51.4 Å². The number of rotatable bonds is 6. The van der Waals surface area contributed by atoms with Crippen LogP contribution in [0.5, 0.6) is 0 Å². The minimum atomic E-state index is -0.146. The maximum Gasteiger partial charge on any atom is 0.277 e. The van der Waals surface area contributed by atoms with E-state index in [1.54, 1.807) is 4.90 Å². The molecule has 0 aliphatic rings. The predicted molar refractivity (Wildman–Crippen MR) is 130 cm³/mol. The van der Waals surface area contributed by atoms with Crippen molar-refractivity contribution in [3.63, 3.8) is 0 Å². The van der Waals surface area contributed by atoms with Gasteiger partial charge in [-0.1, -0.05) is 47.1 Å². The summed E-state index contributed by atoms with van der Waals surface area (Å²) in [5.74, 6) is 0.879. The second-order valence-corrected chi connectivity index (χ2v) is 9.59. The van der Waals surface area contributed by atoms with Gasteiger partial charge in [-0.05, 0) is 50.1 Å². The first-order valence-electron chi connectivity index (χ1n) is 9.87. The van der Waals surface area contributed by atoms with Crippen LogP contribution in [0.2, 0.25) is 5.02 Å². The van der Waals surface area contributed by atoms with E-state index in [2.05, 4.69) is 15.2 Å². The molecule has 4 rings (SSSR count). The molecule has 32 heavy (non-hydrogen) atoms. The first-order valence-corrected chi connectivity index (χ1v) is 12.1. The third-order valence-electron chi connectivity index (χ3n) is 4.72. The third kappa shape index (κ3) is 4.87. The van der Waals surface area contributed by atoms with E-state index in [1.165, 1.54) is 35.6 Å². The number of hydrogen-bond donors (Lipinski definition) is 0. The zero-order chi connectivity index (χ0) is 22.8. The molecule has 1 amide bonds. The number of thiazole rings is 1. The fraction of sp³-hybridized carbons (Fsp3) is 0.217. The smallest absolute Gasteiger partial charge is 0.277 e. The van der Waals surface area contributed by atoms with E-state index in [9.17, 15) is 4.79 Å². The molecule has 0 saturated heterocycles. The molecule has 0 spiro atoms. The Kier molecular flexibility index (Phi) is 6.64. The predicted octanol–water partition coefficient (Wildman–Crippen LogP) is 6.75. The molecule has 0 N–H and O–H groups in total. The number of thioether (sulfide) groups is 1. The van der Waals surface area contributed by atoms with Gasteiger partial charge in [-0.15, -0.1) is 21.5 Å². The molecule has 0 unspecified atom stereocenters. The van der Waals surface area contributed by atoms with Gasteiger partial charge in [-0.3, -0.25) is 9.69 Å². The first kappa shape index (κ1) is 22.5. The van der Waals surface area contributed by atoms with Crippen molar-refractivity contribution in [3.8, 4) is 11.5 Å². The summed E-state index contributed by atoms with van der Waals surface area (Å²) >= 11 is 9.28. The second-order valence-electron chi connectivity index (χ2n) is 7.42. The molecule has 2 aromatic carbocycles. The average Bonchev–Trinajstić information content (AvgIpc) is 3.39. The van der Waals surface area contributed by atoms with Gasteiger partial charge in [0.15, 0.2) is 5.13 Å². The zero-order valence-corrected chi connectivity index (χ0v) is 20.4. The lowest BCUT2D eigenvalue weighted by Crippen LogP contribution is -2.24. The highest BCUT2D eigenvalue weighted by Gasteiger charge is 2.23. The van der Waals surface area contributed by atoms with Gasteiger partial charge in [-0.25, -0.2) is 4.98 Å². The number of anilines is 2. The van der Waals surface area contributed by atoms with Gasteiger partial charge in [0, 0.05) is 23.6 Å². The molecule has 9 heteroatoms. The van der Waals surface area contributed by atoms with Crippen molar-refractivity contribution in [3.05, 3.63) is 69.2 Å². The monoisotopic (exact) mass is 484 g/mol. The topological polar surface area (TPSA) is 72.1 Å². The maximum atomic E-state index is 12.5. The van der Waals surface area contributed by atoms with E-state index in [1.807, 2.05) is 62.5 Å². The average molecular weight is 485 g/mol. The van der Waals surface area contributed by atoms with Crippen molar-refractivity contribution in [2.75, 3.05) is 4.90 Å². The molecule has 4 aromatic rings. The number of benzene rings is 2. The summed E-state index contributed by atoms with van der Waals surface area (Å²) in [6.45, 7) is 7.45. The fourth-order valence-electron chi connectivity index (χ4n) is 3.26. The van der Waals surface area contributed by atoms with Crippen LogP contribution in [-0.2, 0) is 10.5 Å². The van der Waals surface area contributed by atoms with E-state index in [0.29, 0.717) is 32.7 Å². The molecule has 2 heterocycles. The molecule has 0 aliphatic carbocycles. The molecule has 0 atom stereocenters. The van der Waals surface area contributed by atoms with Gasteiger partial charge in [0.2, 0.25) is 11.8 Å². The van der Waals surface area contributed by atoms with Gasteiger partial charge in [0.05, 0.1) is 16.4 Å². The Morgan fingerprint density at radius 3 is 2.56 bits per heavy atom. The van der Waals surface area contributed by atoms with Gasteiger partial charge in [-0.2, -0.15) is 0 Å². The molecule has 0 bridgehead atoms. The van der Waals surface area contributed by atoms with Crippen LogP contribution >= 0.6 is 34.7 Å². The van der Waals surface area contributed by atoms with Crippen LogP contribution in [0.1, 0.15) is 29.3 Å². The number of carbonyl (C=O) groups is 1. The van der Waals surface area contributed by atoms with Crippen molar-refractivity contribution in [1.29, 1.82) is 0 Å². The number of amides is 1. The molecule has 0 saturated carbocycles. The molecule has 0 aliphatic heterocycles. The summed E-state index contributed by atoms with van der Waals surface area (Å²) in [5, 5.41) is 11.7. The number of halogens is 1. The van der Waals surface area contributed by atoms with Crippen LogP contribution in [0.25, 0.3) is 11.5 Å². The van der Waals surface area contributed by atoms with Crippen molar-refractivity contribution in [2.24, 2.45) is 0 Å². The van der Waals surface area contributed by atoms with Crippen molar-refractivity contribution in [2.45, 2.75) is 38.7 Å². The van der Waals surface area contributed by atoms with Gasteiger partial charge >= 0.3 is 0 Å². The Hall–Kier alpha value is -2.68. The molecule has 164 valence electrons. The van der Waals surface area contributed by atoms with Crippen molar-refractivity contribution < 1.29 is 9.21 Å². The van der Waals surface area contributed by atoms with Crippen LogP contribution in [-0.4, -0.2) is 21.1 Å². The second kappa shape index (κ2) is 9.44. The van der Waals surface area contributed by atoms with E-state index < -0.39 is 0 Å². The summed E-state index contributed by atoms with van der Waals surface area (Å²) < 4.78 is 5.77. The van der Waals surface area contributed by atoms with Crippen molar-refractivity contribution in [1.82, 2.24) is 15.2 Å².